The summed E-state index contributed by atoms with van der Waals surface area (Å²) in [6.45, 7) is 1.86. The molecule has 1 atom stereocenters. The van der Waals surface area contributed by atoms with E-state index in [0.29, 0.717) is 12.8 Å². The van der Waals surface area contributed by atoms with Crippen LogP contribution in [0.3, 0.4) is 0 Å². The third-order valence-electron chi connectivity index (χ3n) is 5.44. The molecule has 0 spiro atoms. The van der Waals surface area contributed by atoms with Crippen molar-refractivity contribution >= 4 is 12.1 Å². The Morgan fingerprint density at radius 2 is 1.73 bits per heavy atom. The van der Waals surface area contributed by atoms with E-state index in [0.717, 1.165) is 22.3 Å². The van der Waals surface area contributed by atoms with Gasteiger partial charge in [0, 0.05) is 17.4 Å². The molecule has 0 saturated carbocycles. The number of carboxylic acid groups (broad SMARTS) is 1. The molecule has 0 heterocycles. The van der Waals surface area contributed by atoms with Crippen molar-refractivity contribution < 1.29 is 19.4 Å². The highest BCUT2D eigenvalue weighted by Crippen LogP contribution is 2.44. The molecule has 2 N–H and O–H groups in total. The molecule has 1 unspecified atom stereocenters. The van der Waals surface area contributed by atoms with Crippen LogP contribution in [0.1, 0.15) is 43.2 Å². The van der Waals surface area contributed by atoms with Gasteiger partial charge in [-0.05, 0) is 47.6 Å². The van der Waals surface area contributed by atoms with Gasteiger partial charge >= 0.3 is 12.1 Å². The van der Waals surface area contributed by atoms with Crippen molar-refractivity contribution in [3.8, 4) is 11.1 Å². The van der Waals surface area contributed by atoms with E-state index in [1.54, 1.807) is 0 Å². The first kappa shape index (κ1) is 21.2. The van der Waals surface area contributed by atoms with Gasteiger partial charge < -0.3 is 15.2 Å². The van der Waals surface area contributed by atoms with Crippen LogP contribution in [0.4, 0.5) is 4.79 Å². The number of hydrogen-bond donors (Lipinski definition) is 2. The highest BCUT2D eigenvalue weighted by molar-refractivity contribution is 5.84. The second kappa shape index (κ2) is 9.33. The average molecular weight is 408 g/mol. The summed E-state index contributed by atoms with van der Waals surface area (Å²) < 4.78 is 5.45. The van der Waals surface area contributed by atoms with Crippen molar-refractivity contribution in [3.63, 3.8) is 0 Å². The van der Waals surface area contributed by atoms with Gasteiger partial charge in [-0.3, -0.25) is 0 Å². The minimum absolute atomic E-state index is 0.0944. The molecule has 0 aromatic heterocycles. The maximum absolute atomic E-state index is 12.4. The van der Waals surface area contributed by atoms with Crippen LogP contribution in [0, 0.1) is 0 Å². The van der Waals surface area contributed by atoms with Gasteiger partial charge in [0.25, 0.3) is 0 Å². The zero-order valence-corrected chi connectivity index (χ0v) is 16.7. The highest BCUT2D eigenvalue weighted by Gasteiger charge is 2.35. The molecule has 0 fully saturated rings. The number of benzene rings is 2. The van der Waals surface area contributed by atoms with Crippen molar-refractivity contribution in [1.29, 1.82) is 0 Å². The van der Waals surface area contributed by atoms with Gasteiger partial charge in [0.2, 0.25) is 0 Å². The number of aliphatic carboxylic acids is 1. The lowest BCUT2D eigenvalue weighted by atomic mass is 9.95. The molecular formula is C22H24N4O4. The predicted octanol–water partition coefficient (Wildman–Crippen LogP) is 4.85. The molecule has 0 radical (unpaired) electrons. The normalized spacial score (nSPS) is 14.0. The summed E-state index contributed by atoms with van der Waals surface area (Å²) >= 11 is 0. The fraction of sp³-hybridized carbons (Fsp3) is 0.364. The van der Waals surface area contributed by atoms with E-state index >= 15 is 0 Å². The Hall–Kier alpha value is -3.51. The average Bonchev–Trinajstić information content (AvgIpc) is 3.06. The number of alkyl carbamates (subject to hydrolysis) is 1. The Labute approximate surface area is 174 Å². The number of hydrogen-bond acceptors (Lipinski definition) is 4. The maximum Gasteiger partial charge on any atom is 0.408 e. The van der Waals surface area contributed by atoms with Crippen LogP contribution in [-0.4, -0.2) is 35.9 Å². The Balaban J connectivity index is 1.63. The standard InChI is InChI=1S/C22H24N4O4/c1-22(20(27)28,12-6-7-13-24-26-23)25-21(29)30-14-19-17-10-4-2-8-15(17)16-9-3-5-11-18(16)19/h2-5,8-11,19H,6-7,12-14H2,1H3,(H,25,29)(H,27,28). The molecule has 0 saturated heterocycles. The van der Waals surface area contributed by atoms with E-state index in [9.17, 15) is 14.7 Å². The van der Waals surface area contributed by atoms with Crippen molar-refractivity contribution in [3.05, 3.63) is 70.1 Å². The van der Waals surface area contributed by atoms with Crippen LogP contribution in [-0.2, 0) is 9.53 Å². The molecule has 2 aromatic carbocycles. The predicted molar refractivity (Wildman–Crippen MR) is 112 cm³/mol. The number of carbonyl (C=O) groups is 2. The van der Waals surface area contributed by atoms with Gasteiger partial charge in [-0.15, -0.1) is 0 Å². The number of nitrogens with zero attached hydrogens (tertiary/aromatic N) is 3. The van der Waals surface area contributed by atoms with Gasteiger partial charge in [0.15, 0.2) is 0 Å². The fourth-order valence-electron chi connectivity index (χ4n) is 3.79. The van der Waals surface area contributed by atoms with Crippen LogP contribution in [0.25, 0.3) is 21.6 Å². The molecule has 30 heavy (non-hydrogen) atoms. The van der Waals surface area contributed by atoms with Crippen LogP contribution in [0.5, 0.6) is 0 Å². The second-order valence-corrected chi connectivity index (χ2v) is 7.50. The maximum atomic E-state index is 12.4. The number of nitrogens with one attached hydrogen (secondary N) is 1. The second-order valence-electron chi connectivity index (χ2n) is 7.50. The van der Waals surface area contributed by atoms with E-state index < -0.39 is 17.6 Å². The minimum Gasteiger partial charge on any atom is -0.480 e. The van der Waals surface area contributed by atoms with Crippen LogP contribution in [0.15, 0.2) is 53.6 Å². The smallest absolute Gasteiger partial charge is 0.408 e. The topological polar surface area (TPSA) is 124 Å². The first-order valence-corrected chi connectivity index (χ1v) is 9.83. The molecule has 0 aliphatic heterocycles. The lowest BCUT2D eigenvalue weighted by molar-refractivity contribution is -0.144. The fourth-order valence-corrected chi connectivity index (χ4v) is 3.79. The number of carbonyl (C=O) groups excluding carboxylic acids is 1. The Bertz CT molecular complexity index is 941. The van der Waals surface area contributed by atoms with Crippen molar-refractivity contribution in [2.24, 2.45) is 5.11 Å². The Morgan fingerprint density at radius 1 is 1.13 bits per heavy atom. The zero-order valence-electron chi connectivity index (χ0n) is 16.7. The summed E-state index contributed by atoms with van der Waals surface area (Å²) in [5, 5.41) is 15.5. The number of carboxylic acids is 1. The molecule has 1 aliphatic carbocycles. The molecule has 8 heteroatoms. The van der Waals surface area contributed by atoms with Gasteiger partial charge in [-0.2, -0.15) is 0 Å². The number of amides is 1. The third kappa shape index (κ3) is 4.55. The number of ether oxygens (including phenoxy) is 1. The molecule has 156 valence electrons. The summed E-state index contributed by atoms with van der Waals surface area (Å²) in [5.74, 6) is -1.23. The van der Waals surface area contributed by atoms with E-state index in [1.807, 2.05) is 48.5 Å². The third-order valence-corrected chi connectivity index (χ3v) is 5.44. The SMILES string of the molecule is CC(CCCCN=[N+]=[N-])(NC(=O)OCC1c2ccccc2-c2ccccc21)C(=O)O. The molecular weight excluding hydrogens is 384 g/mol. The van der Waals surface area contributed by atoms with Crippen LogP contribution >= 0.6 is 0 Å². The molecule has 2 aromatic rings. The van der Waals surface area contributed by atoms with Crippen molar-refractivity contribution in [2.45, 2.75) is 37.6 Å². The molecule has 0 bridgehead atoms. The van der Waals surface area contributed by atoms with Crippen LogP contribution in [0.2, 0.25) is 0 Å². The van der Waals surface area contributed by atoms with Gasteiger partial charge in [0.1, 0.15) is 12.1 Å². The van der Waals surface area contributed by atoms with Crippen molar-refractivity contribution in [2.75, 3.05) is 13.2 Å². The molecule has 8 nitrogen and oxygen atoms in total. The van der Waals surface area contributed by atoms with E-state index in [1.165, 1.54) is 6.92 Å². The first-order chi connectivity index (χ1) is 14.5. The highest BCUT2D eigenvalue weighted by atomic mass is 16.5. The quantitative estimate of drug-likeness (QED) is 0.266. The van der Waals surface area contributed by atoms with E-state index in [4.69, 9.17) is 10.3 Å². The molecule has 1 amide bonds. The summed E-state index contributed by atoms with van der Waals surface area (Å²) in [6, 6.07) is 16.0. The molecule has 1 aliphatic rings. The Morgan fingerprint density at radius 3 is 2.30 bits per heavy atom. The lowest BCUT2D eigenvalue weighted by Crippen LogP contribution is -2.52. The number of fused-ring (bicyclic) bond motifs is 3. The minimum atomic E-state index is -1.46. The lowest BCUT2D eigenvalue weighted by Gasteiger charge is -2.26. The zero-order chi connectivity index (χ0) is 21.6. The summed E-state index contributed by atoms with van der Waals surface area (Å²) in [7, 11) is 0. The number of unbranched alkanes of at least 4 members (excludes halogenated alkanes) is 1. The van der Waals surface area contributed by atoms with Gasteiger partial charge in [0.05, 0.1) is 0 Å². The summed E-state index contributed by atoms with van der Waals surface area (Å²) in [5.41, 5.74) is 11.3. The largest absolute Gasteiger partial charge is 0.480 e. The molecule has 3 rings (SSSR count). The summed E-state index contributed by atoms with van der Waals surface area (Å²) in [4.78, 5) is 26.8. The van der Waals surface area contributed by atoms with Gasteiger partial charge in [-0.1, -0.05) is 60.1 Å². The van der Waals surface area contributed by atoms with Crippen LogP contribution < -0.4 is 5.32 Å². The number of rotatable bonds is 9. The first-order valence-electron chi connectivity index (χ1n) is 9.83. The summed E-state index contributed by atoms with van der Waals surface area (Å²) in [6.07, 6.45) is 0.468. The van der Waals surface area contributed by atoms with Crippen molar-refractivity contribution in [1.82, 2.24) is 5.32 Å². The number of azide groups is 1. The Kier molecular flexibility index (Phi) is 6.59. The monoisotopic (exact) mass is 408 g/mol. The van der Waals surface area contributed by atoms with E-state index in [2.05, 4.69) is 15.3 Å². The van der Waals surface area contributed by atoms with E-state index in [-0.39, 0.29) is 25.5 Å². The van der Waals surface area contributed by atoms with Gasteiger partial charge in [-0.25, -0.2) is 9.59 Å².